The van der Waals surface area contributed by atoms with Gasteiger partial charge in [0, 0.05) is 37.8 Å². The van der Waals surface area contributed by atoms with Gasteiger partial charge in [-0.1, -0.05) is 19.8 Å². The van der Waals surface area contributed by atoms with Crippen molar-refractivity contribution in [2.24, 2.45) is 5.92 Å². The maximum Gasteiger partial charge on any atom is 0.0588 e. The summed E-state index contributed by atoms with van der Waals surface area (Å²) in [6.45, 7) is 9.28. The third-order valence-electron chi connectivity index (χ3n) is 5.77. The van der Waals surface area contributed by atoms with Crippen LogP contribution in [0.5, 0.6) is 0 Å². The zero-order valence-electron chi connectivity index (χ0n) is 12.7. The molecule has 110 valence electrons. The minimum absolute atomic E-state index is 0.453. The van der Waals surface area contributed by atoms with Gasteiger partial charge in [0.05, 0.1) is 6.10 Å². The predicted octanol–water partition coefficient (Wildman–Crippen LogP) is 2.41. The molecule has 19 heavy (non-hydrogen) atoms. The molecule has 0 bridgehead atoms. The van der Waals surface area contributed by atoms with Gasteiger partial charge in [0.15, 0.2) is 0 Å². The lowest BCUT2D eigenvalue weighted by atomic mass is 9.90. The van der Waals surface area contributed by atoms with Gasteiger partial charge in [-0.25, -0.2) is 0 Å². The minimum Gasteiger partial charge on any atom is -0.378 e. The first-order chi connectivity index (χ1) is 9.22. The Bertz CT molecular complexity index is 301. The number of hydrogen-bond donors (Lipinski definition) is 1. The van der Waals surface area contributed by atoms with Crippen molar-refractivity contribution in [1.29, 1.82) is 0 Å². The molecule has 1 N–H and O–H groups in total. The normalized spacial score (nSPS) is 39.2. The summed E-state index contributed by atoms with van der Waals surface area (Å²) in [5.41, 5.74) is 0.453. The van der Waals surface area contributed by atoms with Gasteiger partial charge in [0.25, 0.3) is 0 Å². The summed E-state index contributed by atoms with van der Waals surface area (Å²) in [4.78, 5) is 2.79. The van der Waals surface area contributed by atoms with Crippen molar-refractivity contribution < 1.29 is 4.74 Å². The molecule has 3 atom stereocenters. The SMILES string of the molecule is CCC1CNC2(CCCC2)CN1CC1CCOC1C. The predicted molar refractivity (Wildman–Crippen MR) is 78.4 cm³/mol. The fourth-order valence-corrected chi connectivity index (χ4v) is 4.36. The average molecular weight is 266 g/mol. The van der Waals surface area contributed by atoms with Crippen LogP contribution in [0.1, 0.15) is 52.4 Å². The Morgan fingerprint density at radius 3 is 2.74 bits per heavy atom. The van der Waals surface area contributed by atoms with E-state index in [9.17, 15) is 0 Å². The van der Waals surface area contributed by atoms with Crippen LogP contribution in [0.4, 0.5) is 0 Å². The van der Waals surface area contributed by atoms with Gasteiger partial charge in [-0.05, 0) is 38.5 Å². The van der Waals surface area contributed by atoms with E-state index < -0.39 is 0 Å². The zero-order chi connectivity index (χ0) is 13.3. The Labute approximate surface area is 118 Å². The molecule has 2 heterocycles. The summed E-state index contributed by atoms with van der Waals surface area (Å²) in [6, 6.07) is 0.735. The third-order valence-corrected chi connectivity index (χ3v) is 5.77. The van der Waals surface area contributed by atoms with Gasteiger partial charge in [0.1, 0.15) is 0 Å². The lowest BCUT2D eigenvalue weighted by molar-refractivity contribution is 0.0436. The van der Waals surface area contributed by atoms with Crippen LogP contribution in [0, 0.1) is 5.92 Å². The van der Waals surface area contributed by atoms with Gasteiger partial charge in [-0.2, -0.15) is 0 Å². The van der Waals surface area contributed by atoms with E-state index in [2.05, 4.69) is 24.1 Å². The van der Waals surface area contributed by atoms with E-state index in [0.717, 1.165) is 18.6 Å². The molecule has 0 amide bonds. The van der Waals surface area contributed by atoms with E-state index in [1.165, 1.54) is 58.2 Å². The maximum atomic E-state index is 5.75. The molecule has 3 heteroatoms. The van der Waals surface area contributed by atoms with Crippen LogP contribution >= 0.6 is 0 Å². The Hall–Kier alpha value is -0.120. The summed E-state index contributed by atoms with van der Waals surface area (Å²) in [6.07, 6.45) is 8.60. The molecule has 0 aromatic rings. The van der Waals surface area contributed by atoms with Crippen molar-refractivity contribution >= 4 is 0 Å². The van der Waals surface area contributed by atoms with E-state index in [0.29, 0.717) is 11.6 Å². The first-order valence-corrected chi connectivity index (χ1v) is 8.33. The van der Waals surface area contributed by atoms with Crippen LogP contribution < -0.4 is 5.32 Å². The Morgan fingerprint density at radius 1 is 1.32 bits per heavy atom. The highest BCUT2D eigenvalue weighted by molar-refractivity contribution is 5.01. The topological polar surface area (TPSA) is 24.5 Å². The van der Waals surface area contributed by atoms with Crippen molar-refractivity contribution in [3.05, 3.63) is 0 Å². The molecule has 3 fully saturated rings. The lowest BCUT2D eigenvalue weighted by Gasteiger charge is -2.47. The van der Waals surface area contributed by atoms with Gasteiger partial charge < -0.3 is 10.1 Å². The largest absolute Gasteiger partial charge is 0.378 e. The Morgan fingerprint density at radius 2 is 2.11 bits per heavy atom. The fourth-order valence-electron chi connectivity index (χ4n) is 4.36. The fraction of sp³-hybridized carbons (Fsp3) is 1.00. The van der Waals surface area contributed by atoms with E-state index >= 15 is 0 Å². The van der Waals surface area contributed by atoms with Crippen molar-refractivity contribution in [2.75, 3.05) is 26.2 Å². The van der Waals surface area contributed by atoms with Gasteiger partial charge in [-0.3, -0.25) is 4.90 Å². The van der Waals surface area contributed by atoms with Crippen LogP contribution in [-0.4, -0.2) is 48.8 Å². The molecule has 0 aromatic carbocycles. The molecule has 2 saturated heterocycles. The highest BCUT2D eigenvalue weighted by Gasteiger charge is 2.41. The Kier molecular flexibility index (Phi) is 4.16. The smallest absolute Gasteiger partial charge is 0.0588 e. The third kappa shape index (κ3) is 2.84. The van der Waals surface area contributed by atoms with E-state index in [-0.39, 0.29) is 0 Å². The number of nitrogens with one attached hydrogen (secondary N) is 1. The van der Waals surface area contributed by atoms with E-state index in [1.807, 2.05) is 0 Å². The maximum absolute atomic E-state index is 5.75. The quantitative estimate of drug-likeness (QED) is 0.849. The van der Waals surface area contributed by atoms with Crippen molar-refractivity contribution in [2.45, 2.75) is 70.1 Å². The second kappa shape index (κ2) is 5.71. The molecule has 0 radical (unpaired) electrons. The van der Waals surface area contributed by atoms with E-state index in [1.54, 1.807) is 0 Å². The minimum atomic E-state index is 0.453. The molecule has 3 unspecified atom stereocenters. The first kappa shape index (κ1) is 13.8. The number of piperazine rings is 1. The zero-order valence-corrected chi connectivity index (χ0v) is 12.7. The molecule has 2 aliphatic heterocycles. The monoisotopic (exact) mass is 266 g/mol. The summed E-state index contributed by atoms with van der Waals surface area (Å²) in [5.74, 6) is 0.755. The highest BCUT2D eigenvalue weighted by Crippen LogP contribution is 2.34. The van der Waals surface area contributed by atoms with Crippen LogP contribution in [0.2, 0.25) is 0 Å². The van der Waals surface area contributed by atoms with Crippen molar-refractivity contribution in [1.82, 2.24) is 10.2 Å². The molecular weight excluding hydrogens is 236 g/mol. The highest BCUT2D eigenvalue weighted by atomic mass is 16.5. The molecular formula is C16H30N2O. The molecule has 0 aromatic heterocycles. The summed E-state index contributed by atoms with van der Waals surface area (Å²) >= 11 is 0. The van der Waals surface area contributed by atoms with Crippen molar-refractivity contribution in [3.63, 3.8) is 0 Å². The first-order valence-electron chi connectivity index (χ1n) is 8.33. The number of hydrogen-bond acceptors (Lipinski definition) is 3. The number of nitrogens with zero attached hydrogens (tertiary/aromatic N) is 1. The van der Waals surface area contributed by atoms with Gasteiger partial charge in [-0.15, -0.1) is 0 Å². The van der Waals surface area contributed by atoms with Crippen molar-refractivity contribution in [3.8, 4) is 0 Å². The molecule has 3 aliphatic rings. The summed E-state index contributed by atoms with van der Waals surface area (Å²) in [5, 5.41) is 3.89. The number of ether oxygens (including phenoxy) is 1. The second-order valence-electron chi connectivity index (χ2n) is 6.98. The average Bonchev–Trinajstić information content (AvgIpc) is 3.01. The van der Waals surface area contributed by atoms with Gasteiger partial charge >= 0.3 is 0 Å². The van der Waals surface area contributed by atoms with Crippen LogP contribution in [-0.2, 0) is 4.74 Å². The number of rotatable bonds is 3. The molecule has 3 nitrogen and oxygen atoms in total. The van der Waals surface area contributed by atoms with Gasteiger partial charge in [0.2, 0.25) is 0 Å². The Balaban J connectivity index is 1.65. The molecule has 3 rings (SSSR count). The van der Waals surface area contributed by atoms with Crippen LogP contribution in [0.15, 0.2) is 0 Å². The standard InChI is InChI=1S/C16H30N2O/c1-3-15-10-17-16(7-4-5-8-16)12-18(15)11-14-6-9-19-13(14)2/h13-15,17H,3-12H2,1-2H3. The summed E-state index contributed by atoms with van der Waals surface area (Å²) < 4.78 is 5.75. The van der Waals surface area contributed by atoms with E-state index in [4.69, 9.17) is 4.74 Å². The molecule has 1 spiro atoms. The summed E-state index contributed by atoms with van der Waals surface area (Å²) in [7, 11) is 0. The lowest BCUT2D eigenvalue weighted by Crippen LogP contribution is -2.63. The second-order valence-corrected chi connectivity index (χ2v) is 6.98. The van der Waals surface area contributed by atoms with Crippen LogP contribution in [0.3, 0.4) is 0 Å². The molecule has 1 saturated carbocycles. The van der Waals surface area contributed by atoms with Crippen LogP contribution in [0.25, 0.3) is 0 Å². The molecule has 1 aliphatic carbocycles.